The van der Waals surface area contributed by atoms with E-state index in [0.717, 1.165) is 35.0 Å². The number of carbonyl (C=O) groups is 2. The largest absolute Gasteiger partial charge is 0.324 e. The van der Waals surface area contributed by atoms with Crippen LogP contribution in [0.25, 0.3) is 0 Å². The molecule has 2 N–H and O–H groups in total. The van der Waals surface area contributed by atoms with Crippen molar-refractivity contribution >= 4 is 35.3 Å². The molecule has 2 saturated heterocycles. The summed E-state index contributed by atoms with van der Waals surface area (Å²) in [5.74, 6) is 0.0391. The quantitative estimate of drug-likeness (QED) is 0.301. The number of amides is 4. The number of hydrogen-bond donors (Lipinski definition) is 2. The minimum Gasteiger partial charge on any atom is -0.324 e. The average Bonchev–Trinajstić information content (AvgIpc) is 3.71. The van der Waals surface area contributed by atoms with Gasteiger partial charge in [0.1, 0.15) is 11.6 Å². The third-order valence-corrected chi connectivity index (χ3v) is 8.63. The number of benzene rings is 2. The molecule has 0 radical (unpaired) electrons. The van der Waals surface area contributed by atoms with Crippen molar-refractivity contribution in [1.82, 2.24) is 29.4 Å². The summed E-state index contributed by atoms with van der Waals surface area (Å²) >= 11 is 6.02. The Balaban J connectivity index is 0.000000191. The highest BCUT2D eigenvalue weighted by Crippen LogP contribution is 2.24. The van der Waals surface area contributed by atoms with Crippen molar-refractivity contribution in [3.05, 3.63) is 115 Å². The van der Waals surface area contributed by atoms with Crippen LogP contribution in [0.15, 0.2) is 76.3 Å². The molecule has 0 saturated carbocycles. The lowest BCUT2D eigenvalue weighted by Gasteiger charge is -2.17. The molecule has 2 aromatic carbocycles. The monoisotopic (exact) mass is 694 g/mol. The van der Waals surface area contributed by atoms with Crippen LogP contribution in [0, 0.1) is 23.5 Å². The van der Waals surface area contributed by atoms with Gasteiger partial charge in [0.2, 0.25) is 0 Å². The molecule has 2 aromatic heterocycles. The number of nitrogens with one attached hydrogen (secondary N) is 2. The summed E-state index contributed by atoms with van der Waals surface area (Å²) in [6, 6.07) is 16.5. The molecule has 258 valence electrons. The zero-order valence-electron chi connectivity index (χ0n) is 27.1. The van der Waals surface area contributed by atoms with Crippen LogP contribution in [0.3, 0.4) is 0 Å². The van der Waals surface area contributed by atoms with Crippen LogP contribution in [0.4, 0.5) is 30.0 Å². The van der Waals surface area contributed by atoms with E-state index in [1.807, 2.05) is 18.2 Å². The number of aromatic nitrogens is 4. The molecular formula is C34H37ClF2N8O4. The van der Waals surface area contributed by atoms with Gasteiger partial charge in [0, 0.05) is 63.5 Å². The topological polar surface area (TPSA) is 134 Å². The minimum absolute atomic E-state index is 0.139. The number of anilines is 2. The summed E-state index contributed by atoms with van der Waals surface area (Å²) in [6.07, 6.45) is 3.13. The number of carbonyl (C=O) groups excluding carboxylic acids is 2. The highest BCUT2D eigenvalue weighted by Gasteiger charge is 2.28. The normalized spacial score (nSPS) is 17.0. The molecule has 2 fully saturated rings. The number of rotatable bonds is 6. The van der Waals surface area contributed by atoms with E-state index >= 15 is 0 Å². The van der Waals surface area contributed by atoms with E-state index in [9.17, 15) is 28.0 Å². The second-order valence-corrected chi connectivity index (χ2v) is 12.7. The van der Waals surface area contributed by atoms with Crippen LogP contribution < -0.4 is 21.8 Å². The minimum atomic E-state index is -0.594. The third-order valence-electron chi connectivity index (χ3n) is 8.40. The number of nitrogens with zero attached hydrogens (tertiary/aromatic N) is 6. The van der Waals surface area contributed by atoms with Crippen LogP contribution in [0.5, 0.6) is 0 Å². The van der Waals surface area contributed by atoms with Crippen LogP contribution >= 0.6 is 11.6 Å². The Morgan fingerprint density at radius 1 is 0.735 bits per heavy atom. The Labute approximate surface area is 286 Å². The molecule has 2 atom stereocenters. The summed E-state index contributed by atoms with van der Waals surface area (Å²) in [7, 11) is 3.05. The zero-order valence-corrected chi connectivity index (χ0v) is 27.9. The van der Waals surface area contributed by atoms with Crippen LogP contribution in [0.1, 0.15) is 24.0 Å². The molecule has 49 heavy (non-hydrogen) atoms. The lowest BCUT2D eigenvalue weighted by molar-refractivity contribution is 0.220. The van der Waals surface area contributed by atoms with E-state index in [4.69, 9.17) is 11.6 Å². The lowest BCUT2D eigenvalue weighted by atomic mass is 9.98. The summed E-state index contributed by atoms with van der Waals surface area (Å²) in [4.78, 5) is 50.6. The molecule has 4 aromatic rings. The van der Waals surface area contributed by atoms with Crippen LogP contribution in [0.2, 0.25) is 5.02 Å². The summed E-state index contributed by atoms with van der Waals surface area (Å²) in [5.41, 5.74) is 1.30. The molecule has 2 unspecified atom stereocenters. The fourth-order valence-corrected chi connectivity index (χ4v) is 6.15. The maximum absolute atomic E-state index is 13.3. The van der Waals surface area contributed by atoms with Crippen molar-refractivity contribution in [1.29, 1.82) is 0 Å². The molecule has 4 heterocycles. The molecule has 15 heteroatoms. The highest BCUT2D eigenvalue weighted by atomic mass is 35.5. The number of hydrogen-bond acceptors (Lipinski definition) is 6. The molecule has 4 amide bonds. The van der Waals surface area contributed by atoms with E-state index in [-0.39, 0.29) is 29.1 Å². The number of halogens is 3. The maximum atomic E-state index is 13.3. The summed E-state index contributed by atoms with van der Waals surface area (Å²) in [6.45, 7) is 2.46. The standard InChI is InChI=1S/C17H19ClN4O2.C17H18F2N4O2/c1-21-16(23)6-5-15(20-21)19-17(24)22-8-7-13(11-22)9-12-3-2-4-14(18)10-12;1-22-16(24)3-2-15(21-22)20-17(25)23-5-4-11(10-23)6-12-7-13(18)9-14(19)8-12/h2-6,10,13H,7-9,11H2,1H3,(H,19,20,24);2-3,7-9,11H,4-6,10H2,1H3,(H,20,21,25). The van der Waals surface area contributed by atoms with E-state index < -0.39 is 11.6 Å². The Hall–Kier alpha value is -5.11. The van der Waals surface area contributed by atoms with Crippen molar-refractivity contribution in [2.75, 3.05) is 36.8 Å². The fraction of sp³-hybridized carbons (Fsp3) is 0.353. The van der Waals surface area contributed by atoms with E-state index in [1.165, 1.54) is 53.7 Å². The van der Waals surface area contributed by atoms with Gasteiger partial charge in [-0.25, -0.2) is 27.7 Å². The van der Waals surface area contributed by atoms with Crippen molar-refractivity contribution in [2.45, 2.75) is 25.7 Å². The van der Waals surface area contributed by atoms with Crippen LogP contribution in [-0.4, -0.2) is 67.6 Å². The first-order valence-electron chi connectivity index (χ1n) is 15.8. The van der Waals surface area contributed by atoms with Gasteiger partial charge in [0.05, 0.1) is 0 Å². The van der Waals surface area contributed by atoms with Crippen molar-refractivity contribution in [2.24, 2.45) is 25.9 Å². The first-order chi connectivity index (χ1) is 23.4. The molecule has 2 aliphatic rings. The molecule has 0 aliphatic carbocycles. The van der Waals surface area contributed by atoms with Gasteiger partial charge in [0.15, 0.2) is 11.6 Å². The van der Waals surface area contributed by atoms with E-state index in [2.05, 4.69) is 26.9 Å². The summed E-state index contributed by atoms with van der Waals surface area (Å²) in [5, 5.41) is 14.1. The number of urea groups is 2. The van der Waals surface area contributed by atoms with Crippen molar-refractivity contribution in [3.8, 4) is 0 Å². The Morgan fingerprint density at radius 3 is 1.69 bits per heavy atom. The molecule has 0 bridgehead atoms. The van der Waals surface area contributed by atoms with Gasteiger partial charge in [-0.05, 0) is 85.0 Å². The van der Waals surface area contributed by atoms with Gasteiger partial charge in [-0.2, -0.15) is 10.2 Å². The average molecular weight is 695 g/mol. The maximum Gasteiger partial charge on any atom is 0.323 e. The van der Waals surface area contributed by atoms with E-state index in [0.29, 0.717) is 55.7 Å². The molecular weight excluding hydrogens is 658 g/mol. The molecule has 0 spiro atoms. The molecule has 2 aliphatic heterocycles. The van der Waals surface area contributed by atoms with Gasteiger partial charge in [0.25, 0.3) is 11.1 Å². The Kier molecular flexibility index (Phi) is 11.4. The Morgan fingerprint density at radius 2 is 1.22 bits per heavy atom. The lowest BCUT2D eigenvalue weighted by Crippen LogP contribution is -2.34. The SMILES string of the molecule is Cn1nc(NC(=O)N2CCC(Cc3cc(F)cc(F)c3)C2)ccc1=O.Cn1nc(NC(=O)N2CCC(Cc3cccc(Cl)c3)C2)ccc1=O. The molecule has 6 rings (SSSR count). The number of likely N-dealkylation sites (tertiary alicyclic amines) is 2. The Bertz CT molecular complexity index is 1920. The highest BCUT2D eigenvalue weighted by molar-refractivity contribution is 6.30. The second-order valence-electron chi connectivity index (χ2n) is 12.2. The zero-order chi connectivity index (χ0) is 35.1. The number of aryl methyl sites for hydroxylation is 2. The smallest absolute Gasteiger partial charge is 0.323 e. The second kappa shape index (κ2) is 15.9. The first kappa shape index (κ1) is 35.2. The summed E-state index contributed by atoms with van der Waals surface area (Å²) < 4.78 is 28.9. The van der Waals surface area contributed by atoms with Gasteiger partial charge in [-0.3, -0.25) is 20.2 Å². The van der Waals surface area contributed by atoms with E-state index in [1.54, 1.807) is 16.8 Å². The van der Waals surface area contributed by atoms with Crippen molar-refractivity contribution < 1.29 is 18.4 Å². The van der Waals surface area contributed by atoms with Gasteiger partial charge >= 0.3 is 12.1 Å². The van der Waals surface area contributed by atoms with Crippen LogP contribution in [-0.2, 0) is 26.9 Å². The third kappa shape index (κ3) is 9.95. The molecule has 12 nitrogen and oxygen atoms in total. The fourth-order valence-electron chi connectivity index (χ4n) is 5.94. The van der Waals surface area contributed by atoms with Crippen molar-refractivity contribution in [3.63, 3.8) is 0 Å². The first-order valence-corrected chi connectivity index (χ1v) is 16.2. The predicted octanol–water partition coefficient (Wildman–Crippen LogP) is 4.69. The predicted molar refractivity (Wildman–Crippen MR) is 182 cm³/mol. The van der Waals surface area contributed by atoms with Gasteiger partial charge in [-0.1, -0.05) is 23.7 Å². The van der Waals surface area contributed by atoms with Gasteiger partial charge in [-0.15, -0.1) is 0 Å². The van der Waals surface area contributed by atoms with Gasteiger partial charge < -0.3 is 9.80 Å².